The van der Waals surface area contributed by atoms with Gasteiger partial charge in [-0.05, 0) is 6.42 Å². The van der Waals surface area contributed by atoms with Crippen LogP contribution in [0.5, 0.6) is 0 Å². The number of allylic oxidation sites excluding steroid dienone is 1. The molecule has 13 heavy (non-hydrogen) atoms. The van der Waals surface area contributed by atoms with Crippen molar-refractivity contribution in [3.63, 3.8) is 0 Å². The average molecular weight is 181 g/mol. The first kappa shape index (κ1) is 10.1. The lowest BCUT2D eigenvalue weighted by molar-refractivity contribution is 0.511. The summed E-state index contributed by atoms with van der Waals surface area (Å²) in [7, 11) is 3.94. The van der Waals surface area contributed by atoms with Gasteiger partial charge >= 0.3 is 0 Å². The van der Waals surface area contributed by atoms with Gasteiger partial charge in [-0.15, -0.1) is 0 Å². The summed E-state index contributed by atoms with van der Waals surface area (Å²) in [5.74, 6) is 1.11. The molecule has 1 heterocycles. The Labute approximate surface area is 80.7 Å². The first-order chi connectivity index (χ1) is 6.29. The number of rotatable bonds is 3. The SMILES string of the molecule is CC/C=C\CN1CCN(C)/C1=N/C. The van der Waals surface area contributed by atoms with Crippen molar-refractivity contribution in [3.8, 4) is 0 Å². The molecular formula is C10H19N3. The standard InChI is InChI=1S/C10H19N3/c1-4-5-6-7-13-9-8-12(3)10(13)11-2/h5-6H,4,7-9H2,1-3H3/b6-5-,11-10-. The number of guanidine groups is 1. The zero-order valence-electron chi connectivity index (χ0n) is 8.82. The van der Waals surface area contributed by atoms with E-state index in [0.717, 1.165) is 32.0 Å². The summed E-state index contributed by atoms with van der Waals surface area (Å²) in [6.07, 6.45) is 5.53. The van der Waals surface area contributed by atoms with E-state index in [0.29, 0.717) is 0 Å². The lowest BCUT2D eigenvalue weighted by atomic mass is 10.4. The van der Waals surface area contributed by atoms with Crippen molar-refractivity contribution in [2.75, 3.05) is 33.7 Å². The minimum atomic E-state index is 0.991. The van der Waals surface area contributed by atoms with Crippen LogP contribution in [0.3, 0.4) is 0 Å². The molecule has 0 aliphatic carbocycles. The van der Waals surface area contributed by atoms with Crippen molar-refractivity contribution in [3.05, 3.63) is 12.2 Å². The van der Waals surface area contributed by atoms with Gasteiger partial charge in [0.05, 0.1) is 0 Å². The van der Waals surface area contributed by atoms with Crippen LogP contribution >= 0.6 is 0 Å². The molecule has 0 bridgehead atoms. The highest BCUT2D eigenvalue weighted by Crippen LogP contribution is 2.05. The highest BCUT2D eigenvalue weighted by atomic mass is 15.4. The van der Waals surface area contributed by atoms with E-state index in [1.54, 1.807) is 0 Å². The van der Waals surface area contributed by atoms with Crippen molar-refractivity contribution in [1.82, 2.24) is 9.80 Å². The molecule has 0 atom stereocenters. The Morgan fingerprint density at radius 2 is 2.15 bits per heavy atom. The van der Waals surface area contributed by atoms with Crippen molar-refractivity contribution >= 4 is 5.96 Å². The number of aliphatic imine (C=N–C) groups is 1. The molecule has 0 N–H and O–H groups in total. The van der Waals surface area contributed by atoms with E-state index < -0.39 is 0 Å². The van der Waals surface area contributed by atoms with Crippen LogP contribution in [-0.2, 0) is 0 Å². The molecule has 0 unspecified atom stereocenters. The third-order valence-electron chi connectivity index (χ3n) is 2.26. The minimum absolute atomic E-state index is 0.991. The first-order valence-electron chi connectivity index (χ1n) is 4.87. The van der Waals surface area contributed by atoms with Gasteiger partial charge in [0.2, 0.25) is 0 Å². The normalized spacial score (nSPS) is 21.0. The van der Waals surface area contributed by atoms with Crippen molar-refractivity contribution in [2.45, 2.75) is 13.3 Å². The number of likely N-dealkylation sites (N-methyl/N-ethyl adjacent to an activating group) is 1. The smallest absolute Gasteiger partial charge is 0.196 e. The third kappa shape index (κ3) is 2.47. The molecule has 1 aliphatic heterocycles. The Bertz CT molecular complexity index is 208. The van der Waals surface area contributed by atoms with Crippen LogP contribution < -0.4 is 0 Å². The lowest BCUT2D eigenvalue weighted by Gasteiger charge is -2.18. The molecule has 1 fully saturated rings. The Hall–Kier alpha value is -0.990. The maximum atomic E-state index is 4.26. The molecule has 0 aromatic heterocycles. The molecule has 3 nitrogen and oxygen atoms in total. The Morgan fingerprint density at radius 1 is 1.38 bits per heavy atom. The molecule has 1 aliphatic rings. The maximum Gasteiger partial charge on any atom is 0.196 e. The summed E-state index contributed by atoms with van der Waals surface area (Å²) >= 11 is 0. The highest BCUT2D eigenvalue weighted by molar-refractivity contribution is 5.81. The van der Waals surface area contributed by atoms with E-state index in [9.17, 15) is 0 Å². The van der Waals surface area contributed by atoms with Gasteiger partial charge in [-0.25, -0.2) is 0 Å². The van der Waals surface area contributed by atoms with Gasteiger partial charge in [-0.1, -0.05) is 19.1 Å². The summed E-state index contributed by atoms with van der Waals surface area (Å²) in [5.41, 5.74) is 0. The second-order valence-electron chi connectivity index (χ2n) is 3.27. The summed E-state index contributed by atoms with van der Waals surface area (Å²) < 4.78 is 0. The zero-order chi connectivity index (χ0) is 9.68. The third-order valence-corrected chi connectivity index (χ3v) is 2.26. The van der Waals surface area contributed by atoms with Gasteiger partial charge in [-0.2, -0.15) is 0 Å². The summed E-state index contributed by atoms with van der Waals surface area (Å²) in [6, 6.07) is 0. The maximum absolute atomic E-state index is 4.26. The molecule has 0 radical (unpaired) electrons. The zero-order valence-corrected chi connectivity index (χ0v) is 8.82. The van der Waals surface area contributed by atoms with Crippen LogP contribution in [0.25, 0.3) is 0 Å². The van der Waals surface area contributed by atoms with Crippen LogP contribution in [0.4, 0.5) is 0 Å². The second-order valence-corrected chi connectivity index (χ2v) is 3.27. The number of nitrogens with zero attached hydrogens (tertiary/aromatic N) is 3. The van der Waals surface area contributed by atoms with Gasteiger partial charge in [0.25, 0.3) is 0 Å². The molecule has 0 aromatic carbocycles. The van der Waals surface area contributed by atoms with Gasteiger partial charge < -0.3 is 9.80 Å². The fraction of sp³-hybridized carbons (Fsp3) is 0.700. The second kappa shape index (κ2) is 4.90. The minimum Gasteiger partial charge on any atom is -0.344 e. The van der Waals surface area contributed by atoms with Crippen LogP contribution in [-0.4, -0.2) is 49.5 Å². The molecule has 1 saturated heterocycles. The largest absolute Gasteiger partial charge is 0.344 e. The first-order valence-corrected chi connectivity index (χ1v) is 4.87. The van der Waals surface area contributed by atoms with E-state index in [1.807, 2.05) is 7.05 Å². The molecule has 74 valence electrons. The average Bonchev–Trinajstić information content (AvgIpc) is 2.47. The molecular weight excluding hydrogens is 162 g/mol. The summed E-state index contributed by atoms with van der Waals surface area (Å²) in [6.45, 7) is 5.33. The van der Waals surface area contributed by atoms with E-state index in [2.05, 4.69) is 40.9 Å². The van der Waals surface area contributed by atoms with Gasteiger partial charge in [-0.3, -0.25) is 4.99 Å². The Kier molecular flexibility index (Phi) is 3.80. The van der Waals surface area contributed by atoms with E-state index in [1.165, 1.54) is 0 Å². The van der Waals surface area contributed by atoms with Crippen molar-refractivity contribution < 1.29 is 0 Å². The monoisotopic (exact) mass is 181 g/mol. The molecule has 1 rings (SSSR count). The number of hydrogen-bond acceptors (Lipinski definition) is 1. The fourth-order valence-electron chi connectivity index (χ4n) is 1.57. The van der Waals surface area contributed by atoms with E-state index >= 15 is 0 Å². The van der Waals surface area contributed by atoms with Crippen LogP contribution in [0, 0.1) is 0 Å². The van der Waals surface area contributed by atoms with Crippen molar-refractivity contribution in [1.29, 1.82) is 0 Å². The van der Waals surface area contributed by atoms with Crippen LogP contribution in [0.2, 0.25) is 0 Å². The Morgan fingerprint density at radius 3 is 2.77 bits per heavy atom. The topological polar surface area (TPSA) is 18.8 Å². The molecule has 0 amide bonds. The van der Waals surface area contributed by atoms with E-state index in [-0.39, 0.29) is 0 Å². The summed E-state index contributed by atoms with van der Waals surface area (Å²) in [4.78, 5) is 8.76. The lowest BCUT2D eigenvalue weighted by Crippen LogP contribution is -2.31. The summed E-state index contributed by atoms with van der Waals surface area (Å²) in [5, 5.41) is 0. The molecule has 0 aromatic rings. The van der Waals surface area contributed by atoms with E-state index in [4.69, 9.17) is 0 Å². The van der Waals surface area contributed by atoms with Gasteiger partial charge in [0.15, 0.2) is 5.96 Å². The number of hydrogen-bond donors (Lipinski definition) is 0. The van der Waals surface area contributed by atoms with Gasteiger partial charge in [0.1, 0.15) is 0 Å². The highest BCUT2D eigenvalue weighted by Gasteiger charge is 2.20. The predicted molar refractivity (Wildman–Crippen MR) is 57.0 cm³/mol. The van der Waals surface area contributed by atoms with Crippen LogP contribution in [0.1, 0.15) is 13.3 Å². The Balaban J connectivity index is 2.47. The fourth-order valence-corrected chi connectivity index (χ4v) is 1.57. The van der Waals surface area contributed by atoms with Gasteiger partial charge in [0, 0.05) is 33.7 Å². The predicted octanol–water partition coefficient (Wildman–Crippen LogP) is 1.19. The molecule has 0 saturated carbocycles. The quantitative estimate of drug-likeness (QED) is 0.609. The van der Waals surface area contributed by atoms with Crippen LogP contribution in [0.15, 0.2) is 17.1 Å². The molecule has 0 spiro atoms. The molecule has 3 heteroatoms. The van der Waals surface area contributed by atoms with Crippen molar-refractivity contribution in [2.24, 2.45) is 4.99 Å².